The van der Waals surface area contributed by atoms with Gasteiger partial charge in [0.15, 0.2) is 0 Å². The Labute approximate surface area is 81.4 Å². The zero-order chi connectivity index (χ0) is 10.4. The summed E-state index contributed by atoms with van der Waals surface area (Å²) >= 11 is 0. The van der Waals surface area contributed by atoms with Crippen LogP contribution in [0.5, 0.6) is 0 Å². The third kappa shape index (κ3) is 2.88. The summed E-state index contributed by atoms with van der Waals surface area (Å²) in [5.41, 5.74) is 13.3. The summed E-state index contributed by atoms with van der Waals surface area (Å²) < 4.78 is 5.13. The molecule has 0 radical (unpaired) electrons. The van der Waals surface area contributed by atoms with Crippen molar-refractivity contribution in [2.24, 2.45) is 10.8 Å². The van der Waals surface area contributed by atoms with Gasteiger partial charge in [-0.1, -0.05) is 5.11 Å². The lowest BCUT2D eigenvalue weighted by atomic mass is 10.2. The Kier molecular flexibility index (Phi) is 4.18. The highest BCUT2D eigenvalue weighted by Gasteiger charge is 2.26. The van der Waals surface area contributed by atoms with Gasteiger partial charge >= 0.3 is 0 Å². The fraction of sp³-hybridized carbons (Fsp3) is 0.857. The van der Waals surface area contributed by atoms with Crippen molar-refractivity contribution >= 4 is 5.91 Å². The first-order chi connectivity index (χ1) is 6.75. The number of primary amides is 1. The van der Waals surface area contributed by atoms with Crippen molar-refractivity contribution in [1.29, 1.82) is 0 Å². The second-order valence-corrected chi connectivity index (χ2v) is 2.98. The molecule has 1 amide bonds. The van der Waals surface area contributed by atoms with Crippen LogP contribution in [0.4, 0.5) is 0 Å². The van der Waals surface area contributed by atoms with E-state index >= 15 is 0 Å². The number of azide groups is 1. The van der Waals surface area contributed by atoms with Gasteiger partial charge in [0, 0.05) is 24.5 Å². The van der Waals surface area contributed by atoms with Crippen LogP contribution in [0.25, 0.3) is 10.4 Å². The van der Waals surface area contributed by atoms with Gasteiger partial charge in [0.05, 0.1) is 13.2 Å². The van der Waals surface area contributed by atoms with Gasteiger partial charge < -0.3 is 10.5 Å². The number of carbonyl (C=O) groups excluding carboxylic acids is 1. The second kappa shape index (κ2) is 5.43. The van der Waals surface area contributed by atoms with E-state index in [-0.39, 0.29) is 0 Å². The number of ether oxygens (including phenoxy) is 1. The molecule has 0 bridgehead atoms. The van der Waals surface area contributed by atoms with Gasteiger partial charge in [0.2, 0.25) is 5.91 Å². The molecule has 0 saturated carbocycles. The van der Waals surface area contributed by atoms with Crippen LogP contribution >= 0.6 is 0 Å². The summed E-state index contributed by atoms with van der Waals surface area (Å²) in [6, 6.07) is -0.391. The molecule has 2 N–H and O–H groups in total. The van der Waals surface area contributed by atoms with E-state index in [1.54, 1.807) is 0 Å². The molecule has 1 saturated heterocycles. The van der Waals surface area contributed by atoms with E-state index in [4.69, 9.17) is 16.0 Å². The molecule has 0 aromatic heterocycles. The molecule has 1 fully saturated rings. The molecule has 1 unspecified atom stereocenters. The van der Waals surface area contributed by atoms with Gasteiger partial charge in [0.25, 0.3) is 0 Å². The van der Waals surface area contributed by atoms with Gasteiger partial charge in [-0.25, -0.2) is 0 Å². The van der Waals surface area contributed by atoms with Crippen LogP contribution in [0.1, 0.15) is 0 Å². The van der Waals surface area contributed by atoms with Crippen molar-refractivity contribution in [3.8, 4) is 0 Å². The summed E-state index contributed by atoms with van der Waals surface area (Å²) in [6.45, 7) is 2.45. The third-order valence-corrected chi connectivity index (χ3v) is 2.12. The first kappa shape index (κ1) is 10.8. The van der Waals surface area contributed by atoms with Crippen molar-refractivity contribution in [3.63, 3.8) is 0 Å². The largest absolute Gasteiger partial charge is 0.378 e. The molecule has 14 heavy (non-hydrogen) atoms. The number of amides is 1. The molecule has 7 heteroatoms. The summed E-state index contributed by atoms with van der Waals surface area (Å²) in [6.07, 6.45) is 0. The van der Waals surface area contributed by atoms with E-state index in [0.717, 1.165) is 0 Å². The van der Waals surface area contributed by atoms with Gasteiger partial charge in [0.1, 0.15) is 6.04 Å². The van der Waals surface area contributed by atoms with Crippen LogP contribution in [-0.2, 0) is 9.53 Å². The van der Waals surface area contributed by atoms with Gasteiger partial charge in [-0.3, -0.25) is 9.69 Å². The maximum atomic E-state index is 11.0. The zero-order valence-corrected chi connectivity index (χ0v) is 7.80. The predicted molar refractivity (Wildman–Crippen MR) is 49.4 cm³/mol. The zero-order valence-electron chi connectivity index (χ0n) is 7.80. The fourth-order valence-electron chi connectivity index (χ4n) is 1.39. The molecular weight excluding hydrogens is 186 g/mol. The Balaban J connectivity index is 2.45. The smallest absolute Gasteiger partial charge is 0.237 e. The van der Waals surface area contributed by atoms with E-state index in [1.165, 1.54) is 0 Å². The highest BCUT2D eigenvalue weighted by Crippen LogP contribution is 2.05. The third-order valence-electron chi connectivity index (χ3n) is 2.12. The monoisotopic (exact) mass is 199 g/mol. The van der Waals surface area contributed by atoms with Crippen molar-refractivity contribution < 1.29 is 9.53 Å². The normalized spacial score (nSPS) is 22.7. The molecular formula is C7H13N5O2. The van der Waals surface area contributed by atoms with E-state index in [9.17, 15) is 4.79 Å². The Hall–Kier alpha value is -1.30. The lowest BCUT2D eigenvalue weighted by Crippen LogP contribution is -2.53. The molecule has 1 heterocycles. The maximum Gasteiger partial charge on any atom is 0.237 e. The lowest BCUT2D eigenvalue weighted by molar-refractivity contribution is -0.129. The van der Waals surface area contributed by atoms with Gasteiger partial charge in [-0.15, -0.1) is 0 Å². The summed E-state index contributed by atoms with van der Waals surface area (Å²) in [5.74, 6) is -0.398. The van der Waals surface area contributed by atoms with Crippen LogP contribution in [0.2, 0.25) is 0 Å². The first-order valence-corrected chi connectivity index (χ1v) is 4.37. The van der Waals surface area contributed by atoms with E-state index < -0.39 is 11.9 Å². The topological polar surface area (TPSA) is 104 Å². The number of hydrogen-bond acceptors (Lipinski definition) is 4. The molecule has 0 aromatic rings. The van der Waals surface area contributed by atoms with Crippen molar-refractivity contribution in [3.05, 3.63) is 10.4 Å². The first-order valence-electron chi connectivity index (χ1n) is 4.37. The molecule has 1 rings (SSSR count). The Morgan fingerprint density at radius 3 is 3.21 bits per heavy atom. The average Bonchev–Trinajstić information content (AvgIpc) is 2.19. The minimum Gasteiger partial charge on any atom is -0.378 e. The van der Waals surface area contributed by atoms with E-state index in [0.29, 0.717) is 32.8 Å². The number of nitrogens with zero attached hydrogens (tertiary/aromatic N) is 4. The van der Waals surface area contributed by atoms with Crippen molar-refractivity contribution in [2.45, 2.75) is 6.04 Å². The Morgan fingerprint density at radius 1 is 1.79 bits per heavy atom. The minimum absolute atomic E-state index is 0.325. The SMILES string of the molecule is [N-]=[N+]=NCCN1CCOCC1C(N)=O. The summed E-state index contributed by atoms with van der Waals surface area (Å²) in [7, 11) is 0. The molecule has 1 aliphatic rings. The molecule has 0 aliphatic carbocycles. The lowest BCUT2D eigenvalue weighted by Gasteiger charge is -2.32. The Morgan fingerprint density at radius 2 is 2.57 bits per heavy atom. The van der Waals surface area contributed by atoms with Crippen molar-refractivity contribution in [2.75, 3.05) is 32.8 Å². The standard InChI is InChI=1S/C7H13N5O2/c8-7(13)6-5-14-4-3-12(6)2-1-10-11-9/h6H,1-5H2,(H2,8,13). The molecule has 7 nitrogen and oxygen atoms in total. The molecule has 0 aromatic carbocycles. The van der Waals surface area contributed by atoms with Crippen LogP contribution in [0.15, 0.2) is 5.11 Å². The average molecular weight is 199 g/mol. The van der Waals surface area contributed by atoms with Crippen LogP contribution in [-0.4, -0.2) is 49.7 Å². The van der Waals surface area contributed by atoms with Crippen LogP contribution < -0.4 is 5.73 Å². The van der Waals surface area contributed by atoms with E-state index in [1.807, 2.05) is 4.90 Å². The summed E-state index contributed by atoms with van der Waals surface area (Å²) in [4.78, 5) is 15.5. The maximum absolute atomic E-state index is 11.0. The fourth-order valence-corrected chi connectivity index (χ4v) is 1.39. The number of carbonyl (C=O) groups is 1. The van der Waals surface area contributed by atoms with Crippen LogP contribution in [0, 0.1) is 0 Å². The quantitative estimate of drug-likeness (QED) is 0.374. The van der Waals surface area contributed by atoms with Gasteiger partial charge in [-0.2, -0.15) is 0 Å². The van der Waals surface area contributed by atoms with E-state index in [2.05, 4.69) is 10.0 Å². The van der Waals surface area contributed by atoms with Gasteiger partial charge in [-0.05, 0) is 5.53 Å². The molecule has 1 atom stereocenters. The van der Waals surface area contributed by atoms with Crippen LogP contribution in [0.3, 0.4) is 0 Å². The predicted octanol–water partition coefficient (Wildman–Crippen LogP) is -0.517. The minimum atomic E-state index is -0.398. The highest BCUT2D eigenvalue weighted by atomic mass is 16.5. The second-order valence-electron chi connectivity index (χ2n) is 2.98. The summed E-state index contributed by atoms with van der Waals surface area (Å²) in [5, 5.41) is 3.41. The number of nitrogens with two attached hydrogens (primary N) is 1. The Bertz CT molecular complexity index is 250. The molecule has 78 valence electrons. The highest BCUT2D eigenvalue weighted by molar-refractivity contribution is 5.80. The number of rotatable bonds is 4. The molecule has 1 aliphatic heterocycles. The number of hydrogen-bond donors (Lipinski definition) is 1. The van der Waals surface area contributed by atoms with Crippen molar-refractivity contribution in [1.82, 2.24) is 4.90 Å². The number of morpholine rings is 1. The molecule has 0 spiro atoms.